The van der Waals surface area contributed by atoms with Crippen LogP contribution in [-0.4, -0.2) is 49.4 Å². The van der Waals surface area contributed by atoms with Crippen molar-refractivity contribution in [2.24, 2.45) is 0 Å². The molecule has 26 heavy (non-hydrogen) atoms. The van der Waals surface area contributed by atoms with Crippen LogP contribution in [0.4, 0.5) is 10.6 Å². The van der Waals surface area contributed by atoms with E-state index in [1.165, 1.54) is 0 Å². The maximum atomic E-state index is 12.5. The molecule has 1 aliphatic rings. The summed E-state index contributed by atoms with van der Waals surface area (Å²) in [6.45, 7) is 1.30. The minimum absolute atomic E-state index is 0.140. The van der Waals surface area contributed by atoms with Gasteiger partial charge in [-0.1, -0.05) is 30.3 Å². The Kier molecular flexibility index (Phi) is 4.55. The number of urea groups is 1. The highest BCUT2D eigenvalue weighted by molar-refractivity contribution is 5.88. The van der Waals surface area contributed by atoms with Gasteiger partial charge in [0, 0.05) is 30.8 Å². The number of H-pyrrole nitrogens is 1. The van der Waals surface area contributed by atoms with Crippen molar-refractivity contribution in [1.82, 2.24) is 30.3 Å². The van der Waals surface area contributed by atoms with Gasteiger partial charge in [0.05, 0.1) is 0 Å². The second-order valence-electron chi connectivity index (χ2n) is 6.23. The zero-order valence-corrected chi connectivity index (χ0v) is 14.2. The molecule has 1 aliphatic heterocycles. The Morgan fingerprint density at radius 2 is 2.08 bits per heavy atom. The molecular formula is C18H19N7O. The zero-order chi connectivity index (χ0) is 17.8. The maximum Gasteiger partial charge on any atom is 0.323 e. The fourth-order valence-electron chi connectivity index (χ4n) is 3.11. The summed E-state index contributed by atoms with van der Waals surface area (Å²) in [4.78, 5) is 18.9. The third kappa shape index (κ3) is 3.53. The third-order valence-electron chi connectivity index (χ3n) is 4.44. The van der Waals surface area contributed by atoms with E-state index in [9.17, 15) is 4.79 Å². The fraction of sp³-hybridized carbons (Fsp3) is 0.278. The van der Waals surface area contributed by atoms with Gasteiger partial charge < -0.3 is 4.90 Å². The number of benzene rings is 1. The lowest BCUT2D eigenvalue weighted by Gasteiger charge is -2.31. The van der Waals surface area contributed by atoms with Crippen molar-refractivity contribution in [3.8, 4) is 11.4 Å². The summed E-state index contributed by atoms with van der Waals surface area (Å²) in [6.07, 6.45) is 3.46. The first-order valence-corrected chi connectivity index (χ1v) is 8.61. The molecule has 0 saturated carbocycles. The number of aromatic nitrogens is 5. The number of likely N-dealkylation sites (tertiary alicyclic amines) is 1. The Morgan fingerprint density at radius 1 is 1.19 bits per heavy atom. The summed E-state index contributed by atoms with van der Waals surface area (Å²) in [6, 6.07) is 13.1. The molecule has 0 aliphatic carbocycles. The van der Waals surface area contributed by atoms with Crippen molar-refractivity contribution in [1.29, 1.82) is 0 Å². The molecule has 2 amide bonds. The summed E-state index contributed by atoms with van der Waals surface area (Å²) >= 11 is 0. The van der Waals surface area contributed by atoms with Crippen molar-refractivity contribution >= 4 is 11.8 Å². The predicted molar refractivity (Wildman–Crippen MR) is 96.4 cm³/mol. The molecule has 1 saturated heterocycles. The molecule has 1 fully saturated rings. The second kappa shape index (κ2) is 7.30. The van der Waals surface area contributed by atoms with Gasteiger partial charge >= 0.3 is 6.03 Å². The van der Waals surface area contributed by atoms with Crippen molar-refractivity contribution in [2.45, 2.75) is 18.8 Å². The van der Waals surface area contributed by atoms with Crippen LogP contribution in [0, 0.1) is 0 Å². The first kappa shape index (κ1) is 16.2. The standard InChI is InChI=1S/C18H19N7O/c26-18(20-15-9-4-10-19-22-15)25-11-5-8-14(12-25)17-21-16(23-24-17)13-6-2-1-3-7-13/h1-4,6-7,9-10,14H,5,8,11-12H2,(H,20,22,26)(H,21,23,24). The number of nitrogens with zero attached hydrogens (tertiary/aromatic N) is 5. The zero-order valence-electron chi connectivity index (χ0n) is 14.2. The first-order valence-electron chi connectivity index (χ1n) is 8.61. The molecule has 3 aromatic rings. The lowest BCUT2D eigenvalue weighted by molar-refractivity contribution is 0.191. The first-order chi connectivity index (χ1) is 12.8. The highest BCUT2D eigenvalue weighted by atomic mass is 16.2. The number of nitrogens with one attached hydrogen (secondary N) is 2. The van der Waals surface area contributed by atoms with Gasteiger partial charge in [-0.15, -0.1) is 5.10 Å². The van der Waals surface area contributed by atoms with Gasteiger partial charge in [0.15, 0.2) is 11.6 Å². The minimum atomic E-state index is -0.169. The molecule has 0 bridgehead atoms. The van der Waals surface area contributed by atoms with E-state index in [2.05, 4.69) is 30.7 Å². The molecule has 8 nitrogen and oxygen atoms in total. The second-order valence-corrected chi connectivity index (χ2v) is 6.23. The van der Waals surface area contributed by atoms with Crippen LogP contribution in [0.2, 0.25) is 0 Å². The number of hydrogen-bond donors (Lipinski definition) is 2. The topological polar surface area (TPSA) is 99.7 Å². The summed E-state index contributed by atoms with van der Waals surface area (Å²) in [5.41, 5.74) is 0.975. The van der Waals surface area contributed by atoms with Crippen molar-refractivity contribution in [2.75, 3.05) is 18.4 Å². The highest BCUT2D eigenvalue weighted by Gasteiger charge is 2.27. The molecule has 1 aromatic carbocycles. The van der Waals surface area contributed by atoms with E-state index in [1.807, 2.05) is 30.3 Å². The molecule has 2 aromatic heterocycles. The molecular weight excluding hydrogens is 330 g/mol. The normalized spacial score (nSPS) is 17.1. The molecule has 2 N–H and O–H groups in total. The van der Waals surface area contributed by atoms with Crippen molar-refractivity contribution in [3.05, 3.63) is 54.5 Å². The molecule has 8 heteroatoms. The van der Waals surface area contributed by atoms with E-state index >= 15 is 0 Å². The van der Waals surface area contributed by atoms with E-state index in [1.54, 1.807) is 23.2 Å². The van der Waals surface area contributed by atoms with Crippen LogP contribution in [0.25, 0.3) is 11.4 Å². The fourth-order valence-corrected chi connectivity index (χ4v) is 3.11. The molecule has 132 valence electrons. The molecule has 0 radical (unpaired) electrons. The summed E-state index contributed by atoms with van der Waals surface area (Å²) < 4.78 is 0. The molecule has 0 spiro atoms. The van der Waals surface area contributed by atoms with Crippen LogP contribution >= 0.6 is 0 Å². The van der Waals surface area contributed by atoms with Gasteiger partial charge in [0.25, 0.3) is 0 Å². The molecule has 1 atom stereocenters. The van der Waals surface area contributed by atoms with E-state index in [0.717, 1.165) is 24.2 Å². The van der Waals surface area contributed by atoms with Crippen LogP contribution in [0.15, 0.2) is 48.7 Å². The monoisotopic (exact) mass is 349 g/mol. The Hall–Kier alpha value is -3.29. The number of amides is 2. The van der Waals surface area contributed by atoms with Gasteiger partial charge in [0.2, 0.25) is 0 Å². The summed E-state index contributed by atoms with van der Waals surface area (Å²) in [7, 11) is 0. The van der Waals surface area contributed by atoms with Crippen molar-refractivity contribution < 1.29 is 4.79 Å². The van der Waals surface area contributed by atoms with E-state index in [0.29, 0.717) is 24.7 Å². The number of carbonyl (C=O) groups excluding carboxylic acids is 1. The van der Waals surface area contributed by atoms with Gasteiger partial charge in [-0.25, -0.2) is 9.78 Å². The Bertz CT molecular complexity index is 866. The number of carbonyl (C=O) groups is 1. The van der Waals surface area contributed by atoms with Gasteiger partial charge in [-0.3, -0.25) is 10.4 Å². The average Bonchev–Trinajstić information content (AvgIpc) is 3.20. The number of hydrogen-bond acceptors (Lipinski definition) is 5. The van der Waals surface area contributed by atoms with Crippen LogP contribution < -0.4 is 5.32 Å². The van der Waals surface area contributed by atoms with Crippen molar-refractivity contribution in [3.63, 3.8) is 0 Å². The van der Waals surface area contributed by atoms with Crippen LogP contribution in [0.1, 0.15) is 24.6 Å². The minimum Gasteiger partial charge on any atom is -0.324 e. The number of piperidine rings is 1. The Labute approximate surface area is 150 Å². The maximum absolute atomic E-state index is 12.5. The lowest BCUT2D eigenvalue weighted by atomic mass is 9.97. The van der Waals surface area contributed by atoms with Gasteiger partial charge in [-0.2, -0.15) is 10.2 Å². The summed E-state index contributed by atoms with van der Waals surface area (Å²) in [5, 5.41) is 17.8. The summed E-state index contributed by atoms with van der Waals surface area (Å²) in [5.74, 6) is 2.09. The predicted octanol–water partition coefficient (Wildman–Crippen LogP) is 2.67. The molecule has 3 heterocycles. The van der Waals surface area contributed by atoms with Gasteiger partial charge in [0.1, 0.15) is 5.82 Å². The van der Waals surface area contributed by atoms with Crippen LogP contribution in [-0.2, 0) is 0 Å². The van der Waals surface area contributed by atoms with E-state index in [-0.39, 0.29) is 11.9 Å². The van der Waals surface area contributed by atoms with Crippen LogP contribution in [0.3, 0.4) is 0 Å². The lowest BCUT2D eigenvalue weighted by Crippen LogP contribution is -2.42. The number of anilines is 1. The third-order valence-corrected chi connectivity index (χ3v) is 4.44. The highest BCUT2D eigenvalue weighted by Crippen LogP contribution is 2.26. The number of aromatic amines is 1. The average molecular weight is 349 g/mol. The van der Waals surface area contributed by atoms with E-state index < -0.39 is 0 Å². The van der Waals surface area contributed by atoms with Gasteiger partial charge in [-0.05, 0) is 25.0 Å². The SMILES string of the molecule is O=C(Nc1cccnn1)N1CCCC(c2nc(-c3ccccc3)n[nH]2)C1. The molecule has 1 unspecified atom stereocenters. The van der Waals surface area contributed by atoms with E-state index in [4.69, 9.17) is 0 Å². The number of rotatable bonds is 3. The largest absolute Gasteiger partial charge is 0.324 e. The van der Waals surface area contributed by atoms with Crippen LogP contribution in [0.5, 0.6) is 0 Å². The smallest absolute Gasteiger partial charge is 0.323 e. The Balaban J connectivity index is 1.44. The quantitative estimate of drug-likeness (QED) is 0.757. The Morgan fingerprint density at radius 3 is 2.88 bits per heavy atom. The molecule has 4 rings (SSSR count).